The molecule has 5 nitrogen and oxygen atoms in total. The van der Waals surface area contributed by atoms with Gasteiger partial charge in [-0.05, 0) is 12.5 Å². The van der Waals surface area contributed by atoms with Gasteiger partial charge < -0.3 is 5.43 Å². The molecule has 0 radical (unpaired) electrons. The number of nitrogens with two attached hydrogens (primary N) is 1. The third-order valence-corrected chi connectivity index (χ3v) is 2.93. The van der Waals surface area contributed by atoms with Gasteiger partial charge in [-0.3, -0.25) is 0 Å². The van der Waals surface area contributed by atoms with Crippen LogP contribution in [-0.2, 0) is 0 Å². The molecule has 1 aromatic rings. The molecule has 0 spiro atoms. The van der Waals surface area contributed by atoms with Crippen LogP contribution in [-0.4, -0.2) is 27.4 Å². The summed E-state index contributed by atoms with van der Waals surface area (Å²) in [7, 11) is 0. The van der Waals surface area contributed by atoms with E-state index in [4.69, 9.17) is 17.4 Å². The van der Waals surface area contributed by atoms with Crippen LogP contribution >= 0.6 is 23.4 Å². The van der Waals surface area contributed by atoms with Gasteiger partial charge in [0, 0.05) is 17.8 Å². The summed E-state index contributed by atoms with van der Waals surface area (Å²) in [6.07, 6.45) is 3.98. The number of nitrogens with zero attached hydrogens (tertiary/aromatic N) is 3. The summed E-state index contributed by atoms with van der Waals surface area (Å²) < 4.78 is 0. The molecule has 3 N–H and O–H groups in total. The fourth-order valence-electron chi connectivity index (χ4n) is 0.996. The second-order valence-electron chi connectivity index (χ2n) is 2.98. The zero-order chi connectivity index (χ0) is 12.5. The number of hydrogen-bond acceptors (Lipinski definition) is 5. The van der Waals surface area contributed by atoms with Crippen molar-refractivity contribution >= 4 is 29.2 Å². The molecule has 0 aliphatic rings. The van der Waals surface area contributed by atoms with Crippen LogP contribution in [0.25, 0.3) is 0 Å². The van der Waals surface area contributed by atoms with E-state index in [2.05, 4.69) is 27.0 Å². The summed E-state index contributed by atoms with van der Waals surface area (Å²) in [4.78, 5) is 12.1. The first-order chi connectivity index (χ1) is 8.27. The van der Waals surface area contributed by atoms with Crippen molar-refractivity contribution in [2.75, 3.05) is 11.6 Å². The molecule has 92 valence electrons. The van der Waals surface area contributed by atoms with Crippen LogP contribution in [0.3, 0.4) is 0 Å². The van der Waals surface area contributed by atoms with Crippen LogP contribution in [0.4, 0.5) is 0 Å². The smallest absolute Gasteiger partial charge is 0.167 e. The van der Waals surface area contributed by atoms with Crippen molar-refractivity contribution in [2.24, 2.45) is 10.8 Å². The largest absolute Gasteiger partial charge is 0.307 e. The Kier molecular flexibility index (Phi) is 6.61. The van der Waals surface area contributed by atoms with E-state index in [-0.39, 0.29) is 0 Å². The summed E-state index contributed by atoms with van der Waals surface area (Å²) in [5, 5.41) is 0.668. The Balaban J connectivity index is 2.64. The second-order valence-corrected chi connectivity index (χ2v) is 4.53. The third kappa shape index (κ3) is 5.16. The SMILES string of the molecule is C=C(N=C(NN)c1ccncn1)SCCCCl. The lowest BCUT2D eigenvalue weighted by atomic mass is 10.4. The Morgan fingerprint density at radius 1 is 1.65 bits per heavy atom. The molecule has 7 heteroatoms. The standard InChI is InChI=1S/C10H14ClN5S/c1-8(17-6-2-4-11)15-10(16-12)9-3-5-13-7-14-9/h3,5,7H,1-2,4,6,12H2,(H,15,16). The van der Waals surface area contributed by atoms with Crippen molar-refractivity contribution in [1.29, 1.82) is 0 Å². The molecule has 0 saturated carbocycles. The van der Waals surface area contributed by atoms with E-state index in [0.717, 1.165) is 12.2 Å². The van der Waals surface area contributed by atoms with Gasteiger partial charge in [-0.15, -0.1) is 23.4 Å². The van der Waals surface area contributed by atoms with Crippen molar-refractivity contribution < 1.29 is 0 Å². The molecule has 1 aromatic heterocycles. The fourth-order valence-corrected chi connectivity index (χ4v) is 1.97. The van der Waals surface area contributed by atoms with Gasteiger partial charge in [-0.2, -0.15) is 0 Å². The molecule has 0 aliphatic carbocycles. The van der Waals surface area contributed by atoms with Crippen LogP contribution in [0.2, 0.25) is 0 Å². The summed E-state index contributed by atoms with van der Waals surface area (Å²) in [6.45, 7) is 3.83. The van der Waals surface area contributed by atoms with Crippen LogP contribution < -0.4 is 11.3 Å². The summed E-state index contributed by atoms with van der Waals surface area (Å²) >= 11 is 7.12. The Morgan fingerprint density at radius 2 is 2.47 bits per heavy atom. The Hall–Kier alpha value is -1.11. The number of halogens is 1. The van der Waals surface area contributed by atoms with E-state index in [1.54, 1.807) is 12.3 Å². The Labute approximate surface area is 110 Å². The summed E-state index contributed by atoms with van der Waals surface area (Å²) in [6, 6.07) is 1.72. The normalized spacial score (nSPS) is 11.3. The minimum Gasteiger partial charge on any atom is -0.307 e. The minimum atomic E-state index is 0.468. The lowest BCUT2D eigenvalue weighted by Gasteiger charge is -2.05. The molecule has 1 rings (SSSR count). The molecule has 0 bridgehead atoms. The van der Waals surface area contributed by atoms with Crippen LogP contribution in [0.1, 0.15) is 12.1 Å². The summed E-state index contributed by atoms with van der Waals surface area (Å²) in [5.41, 5.74) is 3.13. The minimum absolute atomic E-state index is 0.468. The second kappa shape index (κ2) is 8.05. The Morgan fingerprint density at radius 3 is 3.06 bits per heavy atom. The van der Waals surface area contributed by atoms with Crippen molar-refractivity contribution in [1.82, 2.24) is 15.4 Å². The molecule has 0 unspecified atom stereocenters. The van der Waals surface area contributed by atoms with Crippen LogP contribution in [0, 0.1) is 0 Å². The van der Waals surface area contributed by atoms with Gasteiger partial charge >= 0.3 is 0 Å². The number of aliphatic imine (C=N–C) groups is 1. The maximum absolute atomic E-state index is 5.59. The molecule has 0 atom stereocenters. The fraction of sp³-hybridized carbons (Fsp3) is 0.300. The highest BCUT2D eigenvalue weighted by atomic mass is 35.5. The lowest BCUT2D eigenvalue weighted by Crippen LogP contribution is -2.31. The molecule has 0 aliphatic heterocycles. The highest BCUT2D eigenvalue weighted by Crippen LogP contribution is 2.16. The van der Waals surface area contributed by atoms with Crippen LogP contribution in [0.5, 0.6) is 0 Å². The zero-order valence-electron chi connectivity index (χ0n) is 9.27. The van der Waals surface area contributed by atoms with E-state index < -0.39 is 0 Å². The number of hydrazine groups is 1. The number of amidine groups is 1. The van der Waals surface area contributed by atoms with Gasteiger partial charge in [0.25, 0.3) is 0 Å². The predicted octanol–water partition coefficient (Wildman–Crippen LogP) is 1.52. The zero-order valence-corrected chi connectivity index (χ0v) is 10.8. The number of thioether (sulfide) groups is 1. The van der Waals surface area contributed by atoms with Gasteiger partial charge in [0.2, 0.25) is 0 Å². The number of hydrogen-bond donors (Lipinski definition) is 2. The maximum atomic E-state index is 5.59. The van der Waals surface area contributed by atoms with E-state index in [1.807, 2.05) is 0 Å². The monoisotopic (exact) mass is 271 g/mol. The maximum Gasteiger partial charge on any atom is 0.167 e. The Bertz CT molecular complexity index is 382. The molecular formula is C10H14ClN5S. The number of rotatable bonds is 6. The molecule has 17 heavy (non-hydrogen) atoms. The van der Waals surface area contributed by atoms with Gasteiger partial charge in [0.1, 0.15) is 12.0 Å². The molecule has 0 aromatic carbocycles. The first-order valence-electron chi connectivity index (χ1n) is 4.97. The van der Waals surface area contributed by atoms with Gasteiger partial charge in [0.15, 0.2) is 5.84 Å². The average Bonchev–Trinajstić information content (AvgIpc) is 2.37. The third-order valence-electron chi connectivity index (χ3n) is 1.74. The van der Waals surface area contributed by atoms with Gasteiger partial charge in [-0.25, -0.2) is 20.8 Å². The van der Waals surface area contributed by atoms with Crippen molar-refractivity contribution in [3.05, 3.63) is 35.9 Å². The van der Waals surface area contributed by atoms with E-state index in [1.165, 1.54) is 18.1 Å². The van der Waals surface area contributed by atoms with Crippen LogP contribution in [0.15, 0.2) is 35.2 Å². The predicted molar refractivity (Wildman–Crippen MR) is 72.8 cm³/mol. The quantitative estimate of drug-likeness (QED) is 0.205. The molecule has 0 fully saturated rings. The first kappa shape index (κ1) is 14.0. The lowest BCUT2D eigenvalue weighted by molar-refractivity contribution is 1.00. The van der Waals surface area contributed by atoms with Crippen molar-refractivity contribution in [3.63, 3.8) is 0 Å². The van der Waals surface area contributed by atoms with E-state index >= 15 is 0 Å². The van der Waals surface area contributed by atoms with Gasteiger partial charge in [0.05, 0.1) is 5.03 Å². The van der Waals surface area contributed by atoms with Crippen molar-refractivity contribution in [3.8, 4) is 0 Å². The highest BCUT2D eigenvalue weighted by Gasteiger charge is 2.03. The number of aromatic nitrogens is 2. The van der Waals surface area contributed by atoms with E-state index in [0.29, 0.717) is 22.4 Å². The highest BCUT2D eigenvalue weighted by molar-refractivity contribution is 8.03. The van der Waals surface area contributed by atoms with E-state index in [9.17, 15) is 0 Å². The van der Waals surface area contributed by atoms with Gasteiger partial charge in [-0.1, -0.05) is 6.58 Å². The number of nitrogens with one attached hydrogen (secondary N) is 1. The first-order valence-corrected chi connectivity index (χ1v) is 6.49. The molecular weight excluding hydrogens is 258 g/mol. The van der Waals surface area contributed by atoms with Crippen molar-refractivity contribution in [2.45, 2.75) is 6.42 Å². The summed E-state index contributed by atoms with van der Waals surface area (Å²) in [5.74, 6) is 7.38. The molecule has 1 heterocycles. The average molecular weight is 272 g/mol. The molecule has 0 saturated heterocycles. The number of alkyl halides is 1. The molecule has 0 amide bonds. The topological polar surface area (TPSA) is 76.2 Å².